The van der Waals surface area contributed by atoms with Gasteiger partial charge < -0.3 is 15.0 Å². The molecule has 0 aliphatic carbocycles. The van der Waals surface area contributed by atoms with E-state index in [1.165, 1.54) is 27.5 Å². The maximum Gasteiger partial charge on any atom is 0.248 e. The van der Waals surface area contributed by atoms with Crippen LogP contribution in [-0.2, 0) is 27.4 Å². The van der Waals surface area contributed by atoms with Gasteiger partial charge in [-0.15, -0.1) is 44.2 Å². The van der Waals surface area contributed by atoms with Gasteiger partial charge >= 0.3 is 0 Å². The van der Waals surface area contributed by atoms with Crippen LogP contribution in [0.5, 0.6) is 0 Å². The number of carbonyl (C=O) groups excluding carboxylic acids is 2. The summed E-state index contributed by atoms with van der Waals surface area (Å²) >= 11 is 4.51. The summed E-state index contributed by atoms with van der Waals surface area (Å²) in [7, 11) is 0. The molecule has 0 saturated carbocycles. The molecule has 35 heavy (non-hydrogen) atoms. The Kier molecular flexibility index (Phi) is 7.62. The highest BCUT2D eigenvalue weighted by atomic mass is 32.1. The molecule has 0 radical (unpaired) electrons. The van der Waals surface area contributed by atoms with Gasteiger partial charge in [-0.25, -0.2) is 0 Å². The molecule has 4 aromatic rings. The third-order valence-corrected chi connectivity index (χ3v) is 8.25. The summed E-state index contributed by atoms with van der Waals surface area (Å²) in [6.45, 7) is 1.33. The number of nitrogens with one attached hydrogen (secondary N) is 1. The van der Waals surface area contributed by atoms with Crippen molar-refractivity contribution >= 4 is 45.8 Å². The Morgan fingerprint density at radius 3 is 2.69 bits per heavy atom. The van der Waals surface area contributed by atoms with Crippen molar-refractivity contribution in [2.75, 3.05) is 13.2 Å². The van der Waals surface area contributed by atoms with Crippen molar-refractivity contribution in [2.24, 2.45) is 0 Å². The van der Waals surface area contributed by atoms with Gasteiger partial charge in [-0.2, -0.15) is 4.80 Å². The molecule has 1 aliphatic heterocycles. The second kappa shape index (κ2) is 11.2. The van der Waals surface area contributed by atoms with Crippen LogP contribution < -0.4 is 5.32 Å². The van der Waals surface area contributed by atoms with E-state index in [4.69, 9.17) is 4.74 Å². The Morgan fingerprint density at radius 1 is 1.14 bits per heavy atom. The first-order chi connectivity index (χ1) is 17.2. The highest BCUT2D eigenvalue weighted by Crippen LogP contribution is 2.29. The van der Waals surface area contributed by atoms with E-state index >= 15 is 0 Å². The third-order valence-electron chi connectivity index (χ3n) is 5.60. The van der Waals surface area contributed by atoms with Gasteiger partial charge in [0.2, 0.25) is 17.6 Å². The maximum atomic E-state index is 13.6. The first-order valence-electron chi connectivity index (χ1n) is 11.2. The molecule has 0 aromatic carbocycles. The topological polar surface area (TPSA) is 102 Å². The predicted octanol–water partition coefficient (Wildman–Crippen LogP) is 3.59. The molecule has 0 bridgehead atoms. The maximum absolute atomic E-state index is 13.6. The lowest BCUT2D eigenvalue weighted by Gasteiger charge is -2.30. The average molecular weight is 529 g/mol. The summed E-state index contributed by atoms with van der Waals surface area (Å²) in [5.41, 5.74) is 0. The summed E-state index contributed by atoms with van der Waals surface area (Å²) in [4.78, 5) is 32.7. The Hall–Kier alpha value is -2.93. The Balaban J connectivity index is 1.38. The molecule has 2 atom stereocenters. The van der Waals surface area contributed by atoms with Gasteiger partial charge in [-0.3, -0.25) is 9.59 Å². The molecular weight excluding hydrogens is 504 g/mol. The molecular formula is C23H24N6O3S3. The van der Waals surface area contributed by atoms with Gasteiger partial charge in [0.25, 0.3) is 0 Å². The number of nitrogens with zero attached hydrogens (tertiary/aromatic N) is 5. The number of aromatic nitrogens is 4. The SMILES string of the molecule is O=C(NC[C@H]1CCCO1)[C@H](c1cccs1)N(Cc1cccs1)C(=O)Cn1nnc(-c2cccs2)n1. The van der Waals surface area contributed by atoms with E-state index in [0.29, 0.717) is 18.9 Å². The van der Waals surface area contributed by atoms with Crippen LogP contribution in [-0.4, -0.2) is 56.2 Å². The number of amides is 2. The molecule has 182 valence electrons. The van der Waals surface area contributed by atoms with Crippen LogP contribution in [0.2, 0.25) is 0 Å². The minimum Gasteiger partial charge on any atom is -0.376 e. The molecule has 9 nitrogen and oxygen atoms in total. The van der Waals surface area contributed by atoms with Gasteiger partial charge in [0.05, 0.1) is 17.5 Å². The molecule has 5 heterocycles. The average Bonchev–Trinajstić information content (AvgIpc) is 3.69. The summed E-state index contributed by atoms with van der Waals surface area (Å²) in [5, 5.41) is 21.4. The van der Waals surface area contributed by atoms with E-state index in [0.717, 1.165) is 34.1 Å². The van der Waals surface area contributed by atoms with Crippen molar-refractivity contribution in [3.63, 3.8) is 0 Å². The number of hydrogen-bond donors (Lipinski definition) is 1. The number of carbonyl (C=O) groups is 2. The van der Waals surface area contributed by atoms with Crippen LogP contribution in [0.4, 0.5) is 0 Å². The van der Waals surface area contributed by atoms with Crippen LogP contribution >= 0.6 is 34.0 Å². The molecule has 1 saturated heterocycles. The summed E-state index contributed by atoms with van der Waals surface area (Å²) in [6.07, 6.45) is 1.93. The van der Waals surface area contributed by atoms with Gasteiger partial charge in [-0.05, 0) is 52.4 Å². The van der Waals surface area contributed by atoms with Crippen LogP contribution in [0.1, 0.15) is 28.6 Å². The smallest absolute Gasteiger partial charge is 0.248 e. The van der Waals surface area contributed by atoms with Crippen LogP contribution in [0.3, 0.4) is 0 Å². The Labute approximate surface area is 214 Å². The van der Waals surface area contributed by atoms with Crippen LogP contribution in [0.25, 0.3) is 10.7 Å². The van der Waals surface area contributed by atoms with E-state index in [1.54, 1.807) is 16.2 Å². The van der Waals surface area contributed by atoms with Crippen molar-refractivity contribution in [3.8, 4) is 10.7 Å². The number of hydrogen-bond acceptors (Lipinski definition) is 9. The van der Waals surface area contributed by atoms with E-state index in [-0.39, 0.29) is 24.5 Å². The lowest BCUT2D eigenvalue weighted by atomic mass is 10.1. The molecule has 0 spiro atoms. The molecule has 1 N–H and O–H groups in total. The van der Waals surface area contributed by atoms with Crippen molar-refractivity contribution in [2.45, 2.75) is 38.1 Å². The lowest BCUT2D eigenvalue weighted by Crippen LogP contribution is -2.45. The quantitative estimate of drug-likeness (QED) is 0.338. The van der Waals surface area contributed by atoms with E-state index in [9.17, 15) is 9.59 Å². The summed E-state index contributed by atoms with van der Waals surface area (Å²) in [5.74, 6) is -0.0143. The number of ether oxygens (including phenoxy) is 1. The Bertz CT molecular complexity index is 1220. The van der Waals surface area contributed by atoms with Crippen molar-refractivity contribution in [3.05, 3.63) is 62.3 Å². The number of thiophene rings is 3. The third kappa shape index (κ3) is 5.84. The summed E-state index contributed by atoms with van der Waals surface area (Å²) < 4.78 is 5.66. The normalized spacial score (nSPS) is 16.3. The molecule has 1 aliphatic rings. The monoisotopic (exact) mass is 528 g/mol. The summed E-state index contributed by atoms with van der Waals surface area (Å²) in [6, 6.07) is 10.7. The molecule has 1 fully saturated rings. The van der Waals surface area contributed by atoms with Crippen LogP contribution in [0.15, 0.2) is 52.5 Å². The van der Waals surface area contributed by atoms with Gasteiger partial charge in [0, 0.05) is 22.9 Å². The van der Waals surface area contributed by atoms with Crippen LogP contribution in [0, 0.1) is 0 Å². The highest BCUT2D eigenvalue weighted by molar-refractivity contribution is 7.13. The first-order valence-corrected chi connectivity index (χ1v) is 13.9. The van der Waals surface area contributed by atoms with E-state index < -0.39 is 6.04 Å². The largest absolute Gasteiger partial charge is 0.376 e. The minimum absolute atomic E-state index is 0.0133. The van der Waals surface area contributed by atoms with Crippen molar-refractivity contribution < 1.29 is 14.3 Å². The van der Waals surface area contributed by atoms with E-state index in [2.05, 4.69) is 20.7 Å². The standard InChI is InChI=1S/C23H24N6O3S3/c30-20(15-29-26-22(25-27-29)19-8-4-12-35-19)28(14-17-6-2-10-33-17)21(18-7-3-11-34-18)23(31)24-13-16-5-1-9-32-16/h2-4,6-8,10-12,16,21H,1,5,9,13-15H2,(H,24,31)/t16-,21+/m1/s1. The molecule has 4 aromatic heterocycles. The Morgan fingerprint density at radius 2 is 1.97 bits per heavy atom. The number of rotatable bonds is 10. The zero-order valence-corrected chi connectivity index (χ0v) is 21.2. The fraction of sp³-hybridized carbons (Fsp3) is 0.348. The predicted molar refractivity (Wildman–Crippen MR) is 135 cm³/mol. The molecule has 0 unspecified atom stereocenters. The highest BCUT2D eigenvalue weighted by Gasteiger charge is 2.33. The number of tetrazole rings is 1. The second-order valence-electron chi connectivity index (χ2n) is 8.02. The molecule has 5 rings (SSSR count). The zero-order chi connectivity index (χ0) is 24.0. The van der Waals surface area contributed by atoms with E-state index in [1.807, 2.05) is 52.5 Å². The minimum atomic E-state index is -0.772. The van der Waals surface area contributed by atoms with Crippen molar-refractivity contribution in [1.82, 2.24) is 30.4 Å². The molecule has 2 amide bonds. The first kappa shape index (κ1) is 23.8. The lowest BCUT2D eigenvalue weighted by molar-refractivity contribution is -0.142. The fourth-order valence-electron chi connectivity index (χ4n) is 3.91. The van der Waals surface area contributed by atoms with Gasteiger partial charge in [0.1, 0.15) is 12.6 Å². The molecule has 12 heteroatoms. The van der Waals surface area contributed by atoms with Gasteiger partial charge in [0.15, 0.2) is 0 Å². The zero-order valence-electron chi connectivity index (χ0n) is 18.8. The fourth-order valence-corrected chi connectivity index (χ4v) is 6.09. The second-order valence-corrected chi connectivity index (χ2v) is 11.0. The van der Waals surface area contributed by atoms with Gasteiger partial charge in [-0.1, -0.05) is 18.2 Å². The van der Waals surface area contributed by atoms with Crippen molar-refractivity contribution in [1.29, 1.82) is 0 Å².